The number of benzene rings is 2. The molecule has 162 valence electrons. The maximum Gasteiger partial charge on any atom is 0.417 e. The van der Waals surface area contributed by atoms with Crippen LogP contribution in [-0.2, 0) is 6.18 Å². The average molecular weight is 430 g/mol. The quantitative estimate of drug-likeness (QED) is 0.550. The summed E-state index contributed by atoms with van der Waals surface area (Å²) in [6.07, 6.45) is 1.82. The van der Waals surface area contributed by atoms with E-state index < -0.39 is 23.2 Å². The van der Waals surface area contributed by atoms with Crippen LogP contribution < -0.4 is 10.6 Å². The second-order valence-corrected chi connectivity index (χ2v) is 7.63. The minimum Gasteiger partial charge on any atom is -0.349 e. The fourth-order valence-electron chi connectivity index (χ4n) is 3.93. The van der Waals surface area contributed by atoms with Crippen molar-refractivity contribution in [3.8, 4) is 0 Å². The van der Waals surface area contributed by atoms with Crippen molar-refractivity contribution in [1.29, 1.82) is 0 Å². The van der Waals surface area contributed by atoms with E-state index in [4.69, 9.17) is 0 Å². The first-order chi connectivity index (χ1) is 14.8. The van der Waals surface area contributed by atoms with Crippen LogP contribution in [0.15, 0.2) is 42.7 Å². The summed E-state index contributed by atoms with van der Waals surface area (Å²) >= 11 is 0. The SMILES string of the molecule is O=C(Nc1cc(C(=O)NC2CCCCC2)c2nc[nH]c2c1)c1ccccc1C(F)(F)F. The molecule has 3 aromatic rings. The second kappa shape index (κ2) is 8.41. The summed E-state index contributed by atoms with van der Waals surface area (Å²) in [6.45, 7) is 0. The minimum absolute atomic E-state index is 0.0761. The summed E-state index contributed by atoms with van der Waals surface area (Å²) in [5.41, 5.74) is -0.132. The van der Waals surface area contributed by atoms with Gasteiger partial charge in [-0.15, -0.1) is 0 Å². The number of carbonyl (C=O) groups is 2. The average Bonchev–Trinajstić information content (AvgIpc) is 3.22. The number of amides is 2. The largest absolute Gasteiger partial charge is 0.417 e. The van der Waals surface area contributed by atoms with Crippen LogP contribution in [0.25, 0.3) is 11.0 Å². The molecule has 1 saturated carbocycles. The van der Waals surface area contributed by atoms with Crippen molar-refractivity contribution in [2.24, 2.45) is 0 Å². The third kappa shape index (κ3) is 4.55. The fourth-order valence-corrected chi connectivity index (χ4v) is 3.93. The number of H-pyrrole nitrogens is 1. The van der Waals surface area contributed by atoms with Crippen LogP contribution in [0.3, 0.4) is 0 Å². The van der Waals surface area contributed by atoms with Crippen LogP contribution in [0.1, 0.15) is 58.4 Å². The Morgan fingerprint density at radius 1 is 1.00 bits per heavy atom. The molecule has 0 unspecified atom stereocenters. The van der Waals surface area contributed by atoms with E-state index in [1.807, 2.05) is 0 Å². The molecule has 9 heteroatoms. The Labute approximate surface area is 176 Å². The van der Waals surface area contributed by atoms with Crippen molar-refractivity contribution < 1.29 is 22.8 Å². The Morgan fingerprint density at radius 2 is 1.74 bits per heavy atom. The highest BCUT2D eigenvalue weighted by molar-refractivity contribution is 6.10. The van der Waals surface area contributed by atoms with Gasteiger partial charge in [-0.25, -0.2) is 4.98 Å². The first-order valence-corrected chi connectivity index (χ1v) is 10.1. The summed E-state index contributed by atoms with van der Waals surface area (Å²) in [5.74, 6) is -1.23. The lowest BCUT2D eigenvalue weighted by Gasteiger charge is -2.23. The molecule has 0 spiro atoms. The molecule has 0 aliphatic heterocycles. The number of aromatic amines is 1. The van der Waals surface area contributed by atoms with Crippen LogP contribution in [0.4, 0.5) is 18.9 Å². The molecular weight excluding hydrogens is 409 g/mol. The van der Waals surface area contributed by atoms with Crippen LogP contribution >= 0.6 is 0 Å². The van der Waals surface area contributed by atoms with Crippen LogP contribution in [0.2, 0.25) is 0 Å². The van der Waals surface area contributed by atoms with Gasteiger partial charge < -0.3 is 15.6 Å². The van der Waals surface area contributed by atoms with Crippen molar-refractivity contribution >= 4 is 28.5 Å². The molecule has 4 rings (SSSR count). The summed E-state index contributed by atoms with van der Waals surface area (Å²) in [7, 11) is 0. The highest BCUT2D eigenvalue weighted by atomic mass is 19.4. The summed E-state index contributed by atoms with van der Waals surface area (Å²) < 4.78 is 39.8. The van der Waals surface area contributed by atoms with Crippen molar-refractivity contribution in [2.45, 2.75) is 44.3 Å². The van der Waals surface area contributed by atoms with Crippen molar-refractivity contribution in [1.82, 2.24) is 15.3 Å². The molecule has 1 heterocycles. The van der Waals surface area contributed by atoms with Gasteiger partial charge in [-0.05, 0) is 37.1 Å². The van der Waals surface area contributed by atoms with Gasteiger partial charge in [0.25, 0.3) is 11.8 Å². The van der Waals surface area contributed by atoms with Gasteiger partial charge in [-0.3, -0.25) is 9.59 Å². The van der Waals surface area contributed by atoms with Gasteiger partial charge in [-0.1, -0.05) is 31.4 Å². The van der Waals surface area contributed by atoms with Crippen molar-refractivity contribution in [3.05, 3.63) is 59.4 Å². The molecule has 2 amide bonds. The monoisotopic (exact) mass is 430 g/mol. The number of hydrogen-bond donors (Lipinski definition) is 3. The Hall–Kier alpha value is -3.36. The Bertz CT molecular complexity index is 1120. The lowest BCUT2D eigenvalue weighted by Crippen LogP contribution is -2.36. The van der Waals surface area contributed by atoms with Crippen LogP contribution in [0.5, 0.6) is 0 Å². The molecule has 3 N–H and O–H groups in total. The number of carbonyl (C=O) groups excluding carboxylic acids is 2. The first kappa shape index (κ1) is 20.9. The lowest BCUT2D eigenvalue weighted by atomic mass is 9.95. The minimum atomic E-state index is -4.66. The van der Waals surface area contributed by atoms with Gasteiger partial charge in [-0.2, -0.15) is 13.2 Å². The van der Waals surface area contributed by atoms with E-state index in [9.17, 15) is 22.8 Å². The number of halogens is 3. The molecule has 1 fully saturated rings. The number of alkyl halides is 3. The van der Waals surface area contributed by atoms with Gasteiger partial charge in [0.2, 0.25) is 0 Å². The summed E-state index contributed by atoms with van der Waals surface area (Å²) in [6, 6.07) is 7.62. The number of nitrogens with one attached hydrogen (secondary N) is 3. The van der Waals surface area contributed by atoms with Crippen molar-refractivity contribution in [2.75, 3.05) is 5.32 Å². The van der Waals surface area contributed by atoms with Gasteiger partial charge >= 0.3 is 6.18 Å². The molecule has 0 radical (unpaired) electrons. The highest BCUT2D eigenvalue weighted by Crippen LogP contribution is 2.32. The summed E-state index contributed by atoms with van der Waals surface area (Å²) in [4.78, 5) is 32.6. The maximum absolute atomic E-state index is 13.3. The third-order valence-electron chi connectivity index (χ3n) is 5.44. The number of anilines is 1. The van der Waals surface area contributed by atoms with E-state index in [-0.39, 0.29) is 23.2 Å². The van der Waals surface area contributed by atoms with E-state index in [2.05, 4.69) is 20.6 Å². The predicted octanol–water partition coefficient (Wildman–Crippen LogP) is 4.90. The molecular formula is C22H21F3N4O2. The van der Waals surface area contributed by atoms with Gasteiger partial charge in [0, 0.05) is 11.7 Å². The Morgan fingerprint density at radius 3 is 2.48 bits per heavy atom. The number of nitrogens with zero attached hydrogens (tertiary/aromatic N) is 1. The number of aromatic nitrogens is 2. The zero-order valence-electron chi connectivity index (χ0n) is 16.6. The summed E-state index contributed by atoms with van der Waals surface area (Å²) in [5, 5.41) is 5.49. The molecule has 2 aromatic carbocycles. The van der Waals surface area contributed by atoms with E-state index in [0.717, 1.165) is 44.2 Å². The molecule has 6 nitrogen and oxygen atoms in total. The van der Waals surface area contributed by atoms with E-state index in [1.165, 1.54) is 30.6 Å². The first-order valence-electron chi connectivity index (χ1n) is 10.1. The Kier molecular flexibility index (Phi) is 5.67. The number of fused-ring (bicyclic) bond motifs is 1. The number of hydrogen-bond acceptors (Lipinski definition) is 3. The highest BCUT2D eigenvalue weighted by Gasteiger charge is 2.35. The molecule has 1 aliphatic carbocycles. The molecule has 31 heavy (non-hydrogen) atoms. The normalized spacial score (nSPS) is 15.1. The number of rotatable bonds is 4. The Balaban J connectivity index is 1.62. The fraction of sp³-hybridized carbons (Fsp3) is 0.318. The maximum atomic E-state index is 13.3. The smallest absolute Gasteiger partial charge is 0.349 e. The standard InChI is InChI=1S/C22H21F3N4O2/c23-22(24,25)17-9-5-4-8-15(17)20(30)29-14-10-16(19-18(11-14)26-12-27-19)21(31)28-13-6-2-1-3-7-13/h4-5,8-13H,1-3,6-7H2,(H,26,27)(H,28,31)(H,29,30). The third-order valence-corrected chi connectivity index (χ3v) is 5.44. The molecule has 1 aliphatic rings. The zero-order chi connectivity index (χ0) is 22.0. The number of imidazole rings is 1. The van der Waals surface area contributed by atoms with Crippen LogP contribution in [0, 0.1) is 0 Å². The van der Waals surface area contributed by atoms with Gasteiger partial charge in [0.05, 0.1) is 28.5 Å². The topological polar surface area (TPSA) is 86.9 Å². The zero-order valence-corrected chi connectivity index (χ0v) is 16.6. The van der Waals surface area contributed by atoms with E-state index in [1.54, 1.807) is 0 Å². The van der Waals surface area contributed by atoms with E-state index in [0.29, 0.717) is 11.0 Å². The van der Waals surface area contributed by atoms with Gasteiger partial charge in [0.15, 0.2) is 0 Å². The second-order valence-electron chi connectivity index (χ2n) is 7.63. The van der Waals surface area contributed by atoms with E-state index >= 15 is 0 Å². The molecule has 0 bridgehead atoms. The lowest BCUT2D eigenvalue weighted by molar-refractivity contribution is -0.137. The molecule has 1 aromatic heterocycles. The van der Waals surface area contributed by atoms with Crippen LogP contribution in [-0.4, -0.2) is 27.8 Å². The predicted molar refractivity (Wildman–Crippen MR) is 110 cm³/mol. The molecule has 0 saturated heterocycles. The molecule has 0 atom stereocenters. The van der Waals surface area contributed by atoms with Gasteiger partial charge in [0.1, 0.15) is 5.52 Å². The van der Waals surface area contributed by atoms with Crippen molar-refractivity contribution in [3.63, 3.8) is 0 Å².